The van der Waals surface area contributed by atoms with E-state index in [9.17, 15) is 28.8 Å². The van der Waals surface area contributed by atoms with Gasteiger partial charge in [0.2, 0.25) is 0 Å². The van der Waals surface area contributed by atoms with Crippen molar-refractivity contribution in [2.24, 2.45) is 11.8 Å². The molecular formula is C44H46N2O12. The van der Waals surface area contributed by atoms with E-state index in [0.29, 0.717) is 34.1 Å². The topological polar surface area (TPSA) is 164 Å². The van der Waals surface area contributed by atoms with Crippen LogP contribution in [0.5, 0.6) is 23.0 Å². The number of hydrogen-bond acceptors (Lipinski definition) is 12. The van der Waals surface area contributed by atoms with Crippen molar-refractivity contribution in [1.29, 1.82) is 0 Å². The van der Waals surface area contributed by atoms with E-state index >= 15 is 0 Å². The van der Waals surface area contributed by atoms with E-state index in [4.69, 9.17) is 28.4 Å². The smallest absolute Gasteiger partial charge is 0.417 e. The summed E-state index contributed by atoms with van der Waals surface area (Å²) in [6.45, 7) is 3.42. The van der Waals surface area contributed by atoms with Crippen LogP contribution in [0.3, 0.4) is 0 Å². The molecule has 0 N–H and O–H groups in total. The number of benzene rings is 4. The van der Waals surface area contributed by atoms with Gasteiger partial charge in [-0.05, 0) is 86.3 Å². The van der Waals surface area contributed by atoms with Crippen LogP contribution < -0.4 is 9.47 Å². The second-order valence-corrected chi connectivity index (χ2v) is 13.2. The number of carbonyl (C=O) groups excluding carboxylic acids is 6. The molecule has 58 heavy (non-hydrogen) atoms. The van der Waals surface area contributed by atoms with Crippen LogP contribution in [-0.2, 0) is 51.2 Å². The lowest BCUT2D eigenvalue weighted by Crippen LogP contribution is -2.44. The number of para-hydroxylation sites is 2. The quantitative estimate of drug-likeness (QED) is 0.0546. The van der Waals surface area contributed by atoms with Crippen LogP contribution in [0.1, 0.15) is 50.7 Å². The normalized spacial score (nSPS) is 14.2. The summed E-state index contributed by atoms with van der Waals surface area (Å²) < 4.78 is 32.2. The van der Waals surface area contributed by atoms with Crippen LogP contribution in [0.4, 0.5) is 9.59 Å². The highest BCUT2D eigenvalue weighted by molar-refractivity contribution is 5.93. The summed E-state index contributed by atoms with van der Waals surface area (Å²) in [6.07, 6.45) is -1.89. The fourth-order valence-corrected chi connectivity index (χ4v) is 5.92. The molecular weight excluding hydrogens is 748 g/mol. The molecule has 1 fully saturated rings. The first-order valence-electron chi connectivity index (χ1n) is 19.1. The molecule has 0 aliphatic heterocycles. The minimum absolute atomic E-state index is 0.00775. The van der Waals surface area contributed by atoms with Crippen LogP contribution in [0.15, 0.2) is 109 Å². The van der Waals surface area contributed by atoms with E-state index in [0.717, 1.165) is 0 Å². The minimum atomic E-state index is -1.05. The molecule has 304 valence electrons. The maximum atomic E-state index is 13.4. The van der Waals surface area contributed by atoms with Gasteiger partial charge in [-0.2, -0.15) is 0 Å². The lowest BCUT2D eigenvalue weighted by molar-refractivity contribution is -0.161. The fourth-order valence-electron chi connectivity index (χ4n) is 5.92. The van der Waals surface area contributed by atoms with Gasteiger partial charge >= 0.3 is 36.1 Å². The predicted octanol–water partition coefficient (Wildman–Crippen LogP) is 7.83. The third-order valence-corrected chi connectivity index (χ3v) is 9.11. The Morgan fingerprint density at radius 3 is 1.17 bits per heavy atom. The number of hydrogen-bond donors (Lipinski definition) is 0. The lowest BCUT2D eigenvalue weighted by atomic mass is 9.74. The second-order valence-electron chi connectivity index (χ2n) is 13.2. The standard InChI is InChI=1S/C44H46N2O12/c1-3-53-39(47)25-27-45(29-31-15-19-35(20-16-31)55-33-11-7-5-8-12-33)43(51)57-41(49)37-23-24-38(37)42(50)58-44(52)46(28-26-40(48)54-4-2)30-32-17-21-36(22-18-32)56-34-13-9-6-10-14-34/h5-22,37-38H,3-4,23-30H2,1-2H3. The van der Waals surface area contributed by atoms with E-state index in [1.54, 1.807) is 62.4 Å². The minimum Gasteiger partial charge on any atom is -0.466 e. The summed E-state index contributed by atoms with van der Waals surface area (Å²) in [7, 11) is 0. The van der Waals surface area contributed by atoms with Crippen molar-refractivity contribution in [3.8, 4) is 23.0 Å². The molecule has 4 aromatic carbocycles. The van der Waals surface area contributed by atoms with Crippen molar-refractivity contribution in [3.05, 3.63) is 120 Å². The zero-order valence-corrected chi connectivity index (χ0v) is 32.4. The zero-order chi connectivity index (χ0) is 41.3. The maximum Gasteiger partial charge on any atom is 0.417 e. The molecule has 0 spiro atoms. The fraction of sp³-hybridized carbons (Fsp3) is 0.318. The number of carbonyl (C=O) groups is 6. The van der Waals surface area contributed by atoms with E-state index in [1.807, 2.05) is 60.7 Å². The monoisotopic (exact) mass is 794 g/mol. The first-order valence-corrected chi connectivity index (χ1v) is 19.1. The van der Waals surface area contributed by atoms with Gasteiger partial charge in [-0.3, -0.25) is 19.2 Å². The highest BCUT2D eigenvalue weighted by Gasteiger charge is 2.45. The third kappa shape index (κ3) is 12.9. The Morgan fingerprint density at radius 2 is 0.845 bits per heavy atom. The Morgan fingerprint density at radius 1 is 0.500 bits per heavy atom. The first-order chi connectivity index (χ1) is 28.1. The van der Waals surface area contributed by atoms with Gasteiger partial charge in [0.25, 0.3) is 0 Å². The van der Waals surface area contributed by atoms with Crippen molar-refractivity contribution in [2.45, 2.75) is 52.6 Å². The first kappa shape index (κ1) is 42.4. The molecule has 0 radical (unpaired) electrons. The van der Waals surface area contributed by atoms with Crippen molar-refractivity contribution < 1.29 is 57.2 Å². The Hall–Kier alpha value is -6.70. The van der Waals surface area contributed by atoms with E-state index < -0.39 is 47.9 Å². The molecule has 0 saturated heterocycles. The molecule has 14 heteroatoms. The molecule has 0 aromatic heterocycles. The van der Waals surface area contributed by atoms with E-state index in [1.165, 1.54) is 9.80 Å². The van der Waals surface area contributed by atoms with Crippen LogP contribution in [-0.4, -0.2) is 72.2 Å². The lowest BCUT2D eigenvalue weighted by Gasteiger charge is -2.33. The van der Waals surface area contributed by atoms with Gasteiger partial charge in [0.05, 0.1) is 37.9 Å². The van der Waals surface area contributed by atoms with Crippen molar-refractivity contribution in [2.75, 3.05) is 26.3 Å². The largest absolute Gasteiger partial charge is 0.466 e. The van der Waals surface area contributed by atoms with E-state index in [2.05, 4.69) is 0 Å². The molecule has 4 aromatic rings. The predicted molar refractivity (Wildman–Crippen MR) is 208 cm³/mol. The summed E-state index contributed by atoms with van der Waals surface area (Å²) in [6, 6.07) is 32.3. The summed E-state index contributed by atoms with van der Waals surface area (Å²) in [4.78, 5) is 80.0. The van der Waals surface area contributed by atoms with Crippen molar-refractivity contribution >= 4 is 36.1 Å². The Kier molecular flexibility index (Phi) is 15.8. The highest BCUT2D eigenvalue weighted by atomic mass is 16.6. The van der Waals surface area contributed by atoms with Crippen molar-refractivity contribution in [3.63, 3.8) is 0 Å². The highest BCUT2D eigenvalue weighted by Crippen LogP contribution is 2.37. The number of esters is 4. The van der Waals surface area contributed by atoms with Gasteiger partial charge in [-0.25, -0.2) is 9.59 Å². The maximum absolute atomic E-state index is 13.4. The Bertz CT molecular complexity index is 1840. The number of rotatable bonds is 18. The zero-order valence-electron chi connectivity index (χ0n) is 32.4. The molecule has 2 amide bonds. The van der Waals surface area contributed by atoms with Crippen LogP contribution >= 0.6 is 0 Å². The van der Waals surface area contributed by atoms with Gasteiger partial charge in [0.1, 0.15) is 23.0 Å². The molecule has 0 bridgehead atoms. The molecule has 2 atom stereocenters. The van der Waals surface area contributed by atoms with Gasteiger partial charge in [-0.1, -0.05) is 60.7 Å². The summed E-state index contributed by atoms with van der Waals surface area (Å²) in [5.41, 5.74) is 1.34. The average molecular weight is 795 g/mol. The molecule has 1 saturated carbocycles. The van der Waals surface area contributed by atoms with Gasteiger partial charge in [0, 0.05) is 26.2 Å². The van der Waals surface area contributed by atoms with Crippen LogP contribution in [0.25, 0.3) is 0 Å². The van der Waals surface area contributed by atoms with E-state index in [-0.39, 0.29) is 65.1 Å². The number of ether oxygens (including phenoxy) is 6. The number of amides is 2. The van der Waals surface area contributed by atoms with Crippen LogP contribution in [0.2, 0.25) is 0 Å². The Balaban J connectivity index is 1.19. The second kappa shape index (κ2) is 21.6. The van der Waals surface area contributed by atoms with Crippen molar-refractivity contribution in [1.82, 2.24) is 9.80 Å². The van der Waals surface area contributed by atoms with Gasteiger partial charge in [-0.15, -0.1) is 0 Å². The summed E-state index contributed by atoms with van der Waals surface area (Å²) in [5.74, 6) is -2.64. The number of nitrogens with zero attached hydrogens (tertiary/aromatic N) is 2. The summed E-state index contributed by atoms with van der Waals surface area (Å²) in [5, 5.41) is 0. The third-order valence-electron chi connectivity index (χ3n) is 9.11. The average Bonchev–Trinajstić information content (AvgIpc) is 3.19. The Labute approximate surface area is 336 Å². The van der Waals surface area contributed by atoms with Crippen LogP contribution in [0, 0.1) is 11.8 Å². The molecule has 14 nitrogen and oxygen atoms in total. The van der Waals surface area contributed by atoms with Gasteiger partial charge in [0.15, 0.2) is 0 Å². The molecule has 1 aliphatic carbocycles. The molecule has 2 unspecified atom stereocenters. The molecule has 5 rings (SSSR count). The summed E-state index contributed by atoms with van der Waals surface area (Å²) >= 11 is 0. The molecule has 1 aliphatic rings. The SMILES string of the molecule is CCOC(=O)CCN(Cc1ccc(Oc2ccccc2)cc1)C(=O)OC(=O)C1CCC1C(=O)OC(=O)N(CCC(=O)OCC)Cc1ccc(Oc2ccccc2)cc1. The molecule has 0 heterocycles. The van der Waals surface area contributed by atoms with Gasteiger partial charge < -0.3 is 38.2 Å².